The van der Waals surface area contributed by atoms with E-state index in [4.69, 9.17) is 11.6 Å². The maximum Gasteiger partial charge on any atom is 0.246 e. The van der Waals surface area contributed by atoms with Crippen LogP contribution in [0.5, 0.6) is 0 Å². The van der Waals surface area contributed by atoms with Gasteiger partial charge in [-0.15, -0.1) is 0 Å². The molecule has 0 aromatic heterocycles. The van der Waals surface area contributed by atoms with Crippen molar-refractivity contribution in [3.63, 3.8) is 0 Å². The van der Waals surface area contributed by atoms with E-state index in [1.807, 2.05) is 32.0 Å². The second-order valence-corrected chi connectivity index (χ2v) is 5.87. The number of aliphatic hydroxyl groups excluding tert-OH is 1. The van der Waals surface area contributed by atoms with E-state index >= 15 is 0 Å². The largest absolute Gasteiger partial charge is 0.393 e. The summed E-state index contributed by atoms with van der Waals surface area (Å²) in [5.41, 5.74) is 1.94. The number of amides is 1. The van der Waals surface area contributed by atoms with Gasteiger partial charge in [0.05, 0.1) is 6.10 Å². The van der Waals surface area contributed by atoms with Gasteiger partial charge >= 0.3 is 0 Å². The zero-order valence-corrected chi connectivity index (χ0v) is 12.6. The summed E-state index contributed by atoms with van der Waals surface area (Å²) in [5, 5.41) is 10.4. The summed E-state index contributed by atoms with van der Waals surface area (Å²) in [6, 6.07) is 5.72. The first-order chi connectivity index (χ1) is 9.47. The Bertz CT molecular complexity index is 527. The van der Waals surface area contributed by atoms with E-state index in [0.29, 0.717) is 24.5 Å². The summed E-state index contributed by atoms with van der Waals surface area (Å²) < 4.78 is 0. The summed E-state index contributed by atoms with van der Waals surface area (Å²) in [4.78, 5) is 13.9. The van der Waals surface area contributed by atoms with E-state index in [1.54, 1.807) is 17.1 Å². The fourth-order valence-electron chi connectivity index (χ4n) is 2.32. The molecule has 1 aromatic rings. The second-order valence-electron chi connectivity index (χ2n) is 5.46. The van der Waals surface area contributed by atoms with Gasteiger partial charge in [0, 0.05) is 24.2 Å². The fourth-order valence-corrected chi connectivity index (χ4v) is 2.51. The lowest BCUT2D eigenvalue weighted by atomic mass is 9.97. The molecule has 2 atom stereocenters. The lowest BCUT2D eigenvalue weighted by Crippen LogP contribution is -2.44. The third kappa shape index (κ3) is 3.62. The number of likely N-dealkylation sites (tertiary alicyclic amines) is 1. The van der Waals surface area contributed by atoms with Crippen LogP contribution in [0.25, 0.3) is 6.08 Å². The maximum absolute atomic E-state index is 12.1. The van der Waals surface area contributed by atoms with Crippen molar-refractivity contribution in [3.8, 4) is 0 Å². The van der Waals surface area contributed by atoms with Gasteiger partial charge in [0.15, 0.2) is 0 Å². The predicted molar refractivity (Wildman–Crippen MR) is 81.6 cm³/mol. The number of nitrogens with zero attached hydrogens (tertiary/aromatic N) is 1. The van der Waals surface area contributed by atoms with Crippen molar-refractivity contribution in [2.24, 2.45) is 5.92 Å². The Labute approximate surface area is 124 Å². The van der Waals surface area contributed by atoms with Crippen LogP contribution in [0, 0.1) is 12.8 Å². The first-order valence-corrected chi connectivity index (χ1v) is 7.26. The molecular weight excluding hydrogens is 274 g/mol. The second kappa shape index (κ2) is 6.42. The van der Waals surface area contributed by atoms with Crippen molar-refractivity contribution in [3.05, 3.63) is 40.4 Å². The van der Waals surface area contributed by atoms with E-state index in [0.717, 1.165) is 11.1 Å². The van der Waals surface area contributed by atoms with Crippen molar-refractivity contribution < 1.29 is 9.90 Å². The number of halogens is 1. The minimum absolute atomic E-state index is 0.0135. The van der Waals surface area contributed by atoms with Crippen molar-refractivity contribution in [2.75, 3.05) is 13.1 Å². The van der Waals surface area contributed by atoms with Crippen molar-refractivity contribution >= 4 is 23.6 Å². The monoisotopic (exact) mass is 293 g/mol. The highest BCUT2D eigenvalue weighted by molar-refractivity contribution is 6.31. The third-order valence-corrected chi connectivity index (χ3v) is 4.19. The van der Waals surface area contributed by atoms with Crippen LogP contribution in [0.15, 0.2) is 24.3 Å². The number of piperidine rings is 1. The third-order valence-electron chi connectivity index (χ3n) is 3.79. The number of carbonyl (C=O) groups is 1. The number of aliphatic hydroxyl groups is 1. The van der Waals surface area contributed by atoms with Gasteiger partial charge in [-0.1, -0.05) is 30.7 Å². The topological polar surface area (TPSA) is 40.5 Å². The smallest absolute Gasteiger partial charge is 0.246 e. The number of aryl methyl sites for hydroxylation is 1. The Kier molecular flexibility index (Phi) is 4.84. The van der Waals surface area contributed by atoms with Crippen LogP contribution in [-0.4, -0.2) is 35.1 Å². The Hall–Kier alpha value is -1.32. The van der Waals surface area contributed by atoms with E-state index in [2.05, 4.69) is 0 Å². The molecule has 1 amide bonds. The summed E-state index contributed by atoms with van der Waals surface area (Å²) in [7, 11) is 0. The lowest BCUT2D eigenvalue weighted by Gasteiger charge is -2.33. The SMILES string of the molecule is Cc1ccc(/C=C/C(=O)N2CCC(O)C(C)C2)cc1Cl. The van der Waals surface area contributed by atoms with Crippen LogP contribution in [0.2, 0.25) is 5.02 Å². The van der Waals surface area contributed by atoms with Crippen LogP contribution >= 0.6 is 11.6 Å². The van der Waals surface area contributed by atoms with E-state index < -0.39 is 0 Å². The van der Waals surface area contributed by atoms with Crippen LogP contribution in [0.1, 0.15) is 24.5 Å². The number of carbonyl (C=O) groups excluding carboxylic acids is 1. The number of benzene rings is 1. The molecule has 0 spiro atoms. The first kappa shape index (κ1) is 15.1. The molecule has 1 N–H and O–H groups in total. The van der Waals surface area contributed by atoms with Gasteiger partial charge in [-0.05, 0) is 42.5 Å². The molecule has 2 rings (SSSR count). The van der Waals surface area contributed by atoms with Crippen molar-refractivity contribution in [1.29, 1.82) is 0 Å². The van der Waals surface area contributed by atoms with Gasteiger partial charge < -0.3 is 10.0 Å². The quantitative estimate of drug-likeness (QED) is 0.852. The highest BCUT2D eigenvalue weighted by Gasteiger charge is 2.25. The Morgan fingerprint density at radius 1 is 1.50 bits per heavy atom. The molecule has 3 nitrogen and oxygen atoms in total. The highest BCUT2D eigenvalue weighted by atomic mass is 35.5. The highest BCUT2D eigenvalue weighted by Crippen LogP contribution is 2.19. The summed E-state index contributed by atoms with van der Waals surface area (Å²) in [6.07, 6.45) is 3.71. The zero-order valence-electron chi connectivity index (χ0n) is 11.8. The molecule has 0 saturated carbocycles. The molecule has 108 valence electrons. The minimum Gasteiger partial charge on any atom is -0.393 e. The van der Waals surface area contributed by atoms with Crippen LogP contribution in [-0.2, 0) is 4.79 Å². The molecule has 4 heteroatoms. The molecule has 1 aromatic carbocycles. The first-order valence-electron chi connectivity index (χ1n) is 6.88. The molecule has 1 saturated heterocycles. The molecule has 1 fully saturated rings. The van der Waals surface area contributed by atoms with Crippen molar-refractivity contribution in [1.82, 2.24) is 4.90 Å². The number of rotatable bonds is 2. The number of hydrogen-bond acceptors (Lipinski definition) is 2. The average molecular weight is 294 g/mol. The summed E-state index contributed by atoms with van der Waals surface area (Å²) in [6.45, 7) is 5.14. The standard InChI is InChI=1S/C16H20ClNO2/c1-11-3-4-13(9-14(11)17)5-6-16(20)18-8-7-15(19)12(2)10-18/h3-6,9,12,15,19H,7-8,10H2,1-2H3/b6-5+. The van der Waals surface area contributed by atoms with Crippen LogP contribution in [0.4, 0.5) is 0 Å². The lowest BCUT2D eigenvalue weighted by molar-refractivity contribution is -0.129. The molecule has 2 unspecified atom stereocenters. The molecule has 1 aliphatic heterocycles. The van der Waals surface area contributed by atoms with Gasteiger partial charge in [0.25, 0.3) is 0 Å². The summed E-state index contributed by atoms with van der Waals surface area (Å²) >= 11 is 6.06. The van der Waals surface area contributed by atoms with Crippen molar-refractivity contribution in [2.45, 2.75) is 26.4 Å². The Morgan fingerprint density at radius 2 is 2.25 bits per heavy atom. The maximum atomic E-state index is 12.1. The zero-order chi connectivity index (χ0) is 14.7. The molecular formula is C16H20ClNO2. The average Bonchev–Trinajstić information content (AvgIpc) is 2.43. The molecule has 0 bridgehead atoms. The molecule has 0 radical (unpaired) electrons. The van der Waals surface area contributed by atoms with E-state index in [1.165, 1.54) is 0 Å². The fraction of sp³-hybridized carbons (Fsp3) is 0.438. The molecule has 20 heavy (non-hydrogen) atoms. The van der Waals surface area contributed by atoms with Crippen LogP contribution < -0.4 is 0 Å². The van der Waals surface area contributed by atoms with Gasteiger partial charge in [-0.2, -0.15) is 0 Å². The minimum atomic E-state index is -0.293. The molecule has 1 heterocycles. The number of hydrogen-bond donors (Lipinski definition) is 1. The molecule has 1 aliphatic rings. The normalized spacial score (nSPS) is 23.3. The van der Waals surface area contributed by atoms with E-state index in [9.17, 15) is 9.90 Å². The molecule has 0 aliphatic carbocycles. The Balaban J connectivity index is 2.00. The van der Waals surface area contributed by atoms with Gasteiger partial charge in [0.2, 0.25) is 5.91 Å². The predicted octanol–water partition coefficient (Wildman–Crippen LogP) is 2.89. The van der Waals surface area contributed by atoms with Crippen LogP contribution in [0.3, 0.4) is 0 Å². The summed E-state index contributed by atoms with van der Waals surface area (Å²) in [5.74, 6) is 0.121. The van der Waals surface area contributed by atoms with Gasteiger partial charge in [-0.3, -0.25) is 4.79 Å². The van der Waals surface area contributed by atoms with Gasteiger partial charge in [-0.25, -0.2) is 0 Å². The van der Waals surface area contributed by atoms with Gasteiger partial charge in [0.1, 0.15) is 0 Å². The van der Waals surface area contributed by atoms with E-state index in [-0.39, 0.29) is 17.9 Å². The Morgan fingerprint density at radius 3 is 2.90 bits per heavy atom.